The van der Waals surface area contributed by atoms with E-state index in [1.54, 1.807) is 12.3 Å². The van der Waals surface area contributed by atoms with Crippen LogP contribution in [0.15, 0.2) is 27.6 Å². The summed E-state index contributed by atoms with van der Waals surface area (Å²) in [6.07, 6.45) is 3.25. The molecule has 4 rings (SSSR count). The summed E-state index contributed by atoms with van der Waals surface area (Å²) in [5.41, 5.74) is 0.364. The van der Waals surface area contributed by atoms with E-state index in [-0.39, 0.29) is 29.7 Å². The number of fused-ring (bicyclic) bond motifs is 1. The van der Waals surface area contributed by atoms with Crippen LogP contribution in [0.1, 0.15) is 36.2 Å². The Balaban J connectivity index is 1.68. The van der Waals surface area contributed by atoms with E-state index >= 15 is 0 Å². The van der Waals surface area contributed by atoms with Crippen molar-refractivity contribution in [1.29, 1.82) is 5.26 Å². The predicted molar refractivity (Wildman–Crippen MR) is 88.6 cm³/mol. The number of nitrogens with zero attached hydrogens (tertiary/aromatic N) is 5. The Morgan fingerprint density at radius 2 is 2.35 bits per heavy atom. The van der Waals surface area contributed by atoms with Gasteiger partial charge < -0.3 is 18.6 Å². The van der Waals surface area contributed by atoms with Crippen LogP contribution in [-0.4, -0.2) is 33.4 Å². The molecule has 1 saturated heterocycles. The summed E-state index contributed by atoms with van der Waals surface area (Å²) in [7, 11) is 1.43. The first-order chi connectivity index (χ1) is 12.7. The first-order valence-corrected chi connectivity index (χ1v) is 8.12. The molecule has 3 aromatic rings. The number of methoxy groups -OCH3 is 1. The second-order valence-electron chi connectivity index (χ2n) is 5.89. The minimum Gasteiger partial charge on any atom is -0.480 e. The van der Waals surface area contributed by atoms with E-state index in [0.717, 1.165) is 12.8 Å². The lowest BCUT2D eigenvalue weighted by molar-refractivity contribution is 0.0835. The van der Waals surface area contributed by atoms with Gasteiger partial charge in [0.1, 0.15) is 17.7 Å². The van der Waals surface area contributed by atoms with Crippen molar-refractivity contribution in [2.24, 2.45) is 0 Å². The van der Waals surface area contributed by atoms with Gasteiger partial charge in [0.25, 0.3) is 11.4 Å². The van der Waals surface area contributed by atoms with Gasteiger partial charge in [-0.2, -0.15) is 10.2 Å². The van der Waals surface area contributed by atoms with E-state index in [4.69, 9.17) is 14.0 Å². The number of aromatic nitrogens is 4. The van der Waals surface area contributed by atoms with E-state index in [9.17, 15) is 10.1 Å². The maximum Gasteiger partial charge on any atom is 0.260 e. The number of pyridine rings is 2. The molecular formula is C17H15N5O4. The Morgan fingerprint density at radius 3 is 3.08 bits per heavy atom. The highest BCUT2D eigenvalue weighted by Gasteiger charge is 2.24. The van der Waals surface area contributed by atoms with Crippen molar-refractivity contribution in [1.82, 2.24) is 19.7 Å². The van der Waals surface area contributed by atoms with Crippen LogP contribution < -0.4 is 10.3 Å². The average molecular weight is 353 g/mol. The first kappa shape index (κ1) is 16.2. The molecule has 0 unspecified atom stereocenters. The maximum atomic E-state index is 12.7. The van der Waals surface area contributed by atoms with Gasteiger partial charge in [-0.1, -0.05) is 5.16 Å². The topological polar surface area (TPSA) is 116 Å². The van der Waals surface area contributed by atoms with Crippen LogP contribution in [0.5, 0.6) is 5.88 Å². The third-order valence-electron chi connectivity index (χ3n) is 4.24. The number of nitriles is 1. The molecule has 1 fully saturated rings. The van der Waals surface area contributed by atoms with E-state index in [1.165, 1.54) is 17.7 Å². The highest BCUT2D eigenvalue weighted by atomic mass is 16.5. The fourth-order valence-corrected chi connectivity index (χ4v) is 2.94. The van der Waals surface area contributed by atoms with Crippen molar-refractivity contribution in [3.8, 4) is 11.9 Å². The lowest BCUT2D eigenvalue weighted by Gasteiger charge is -2.07. The summed E-state index contributed by atoms with van der Waals surface area (Å²) < 4.78 is 17.3. The molecule has 0 saturated carbocycles. The van der Waals surface area contributed by atoms with Crippen molar-refractivity contribution in [3.05, 3.63) is 46.0 Å². The van der Waals surface area contributed by atoms with Gasteiger partial charge in [-0.25, -0.2) is 4.98 Å². The molecule has 0 bridgehead atoms. The fourth-order valence-electron chi connectivity index (χ4n) is 2.94. The van der Waals surface area contributed by atoms with Gasteiger partial charge in [-0.15, -0.1) is 0 Å². The van der Waals surface area contributed by atoms with Crippen molar-refractivity contribution < 1.29 is 14.0 Å². The van der Waals surface area contributed by atoms with Gasteiger partial charge in [-0.3, -0.25) is 4.79 Å². The molecule has 0 aliphatic carbocycles. The van der Waals surface area contributed by atoms with Crippen molar-refractivity contribution in [3.63, 3.8) is 0 Å². The lowest BCUT2D eigenvalue weighted by Crippen LogP contribution is -2.21. The van der Waals surface area contributed by atoms with Gasteiger partial charge in [0, 0.05) is 12.8 Å². The Kier molecular flexibility index (Phi) is 4.10. The van der Waals surface area contributed by atoms with E-state index in [1.807, 2.05) is 6.07 Å². The molecule has 0 aromatic carbocycles. The van der Waals surface area contributed by atoms with Crippen LogP contribution in [0.4, 0.5) is 0 Å². The fraction of sp³-hybridized carbons (Fsp3) is 0.353. The van der Waals surface area contributed by atoms with Crippen LogP contribution in [-0.2, 0) is 11.3 Å². The summed E-state index contributed by atoms with van der Waals surface area (Å²) in [4.78, 5) is 21.3. The van der Waals surface area contributed by atoms with Gasteiger partial charge >= 0.3 is 0 Å². The summed E-state index contributed by atoms with van der Waals surface area (Å²) >= 11 is 0. The van der Waals surface area contributed by atoms with Gasteiger partial charge in [0.05, 0.1) is 24.6 Å². The molecule has 0 amide bonds. The minimum absolute atomic E-state index is 0.152. The molecular weight excluding hydrogens is 338 g/mol. The van der Waals surface area contributed by atoms with Crippen molar-refractivity contribution in [2.75, 3.05) is 13.7 Å². The summed E-state index contributed by atoms with van der Waals surface area (Å²) in [5.74, 6) is 1.01. The zero-order valence-corrected chi connectivity index (χ0v) is 14.0. The summed E-state index contributed by atoms with van der Waals surface area (Å²) in [6.45, 7) is 0.836. The molecule has 0 N–H and O–H groups in total. The normalized spacial score (nSPS) is 16.7. The molecule has 1 aliphatic rings. The minimum atomic E-state index is -0.294. The molecule has 0 radical (unpaired) electrons. The van der Waals surface area contributed by atoms with E-state index in [0.29, 0.717) is 29.2 Å². The molecule has 1 atom stereocenters. The molecule has 1 aliphatic heterocycles. The standard InChI is InChI=1S/C17H15N5O4/c1-24-15-10(8-18)7-11-12(19-15)4-5-22(17(11)23)9-14-20-16(26-21-14)13-3-2-6-25-13/h4-5,7,13H,2-3,6,9H2,1H3/t13-/m0/s1. The monoisotopic (exact) mass is 353 g/mol. The van der Waals surface area contributed by atoms with Gasteiger partial charge in [-0.05, 0) is 25.0 Å². The largest absolute Gasteiger partial charge is 0.480 e. The van der Waals surface area contributed by atoms with Crippen LogP contribution in [0.2, 0.25) is 0 Å². The maximum absolute atomic E-state index is 12.7. The van der Waals surface area contributed by atoms with E-state index in [2.05, 4.69) is 15.1 Å². The molecule has 3 aromatic heterocycles. The summed E-state index contributed by atoms with van der Waals surface area (Å²) in [5, 5.41) is 13.4. The summed E-state index contributed by atoms with van der Waals surface area (Å²) in [6, 6.07) is 5.14. The molecule has 9 nitrogen and oxygen atoms in total. The Bertz CT molecular complexity index is 1060. The Morgan fingerprint density at radius 1 is 1.46 bits per heavy atom. The molecule has 4 heterocycles. The second kappa shape index (κ2) is 6.57. The van der Waals surface area contributed by atoms with Gasteiger partial charge in [0.2, 0.25) is 5.88 Å². The van der Waals surface area contributed by atoms with Crippen LogP contribution in [0, 0.1) is 11.3 Å². The highest BCUT2D eigenvalue weighted by molar-refractivity contribution is 5.79. The lowest BCUT2D eigenvalue weighted by atomic mass is 10.2. The number of rotatable bonds is 4. The molecule has 26 heavy (non-hydrogen) atoms. The van der Waals surface area contributed by atoms with E-state index < -0.39 is 0 Å². The zero-order valence-electron chi connectivity index (χ0n) is 14.0. The number of hydrogen-bond donors (Lipinski definition) is 0. The van der Waals surface area contributed by atoms with Gasteiger partial charge in [0.15, 0.2) is 5.82 Å². The third kappa shape index (κ3) is 2.80. The second-order valence-corrected chi connectivity index (χ2v) is 5.89. The smallest absolute Gasteiger partial charge is 0.260 e. The highest BCUT2D eigenvalue weighted by Crippen LogP contribution is 2.27. The van der Waals surface area contributed by atoms with Crippen LogP contribution >= 0.6 is 0 Å². The van der Waals surface area contributed by atoms with Crippen molar-refractivity contribution >= 4 is 10.9 Å². The van der Waals surface area contributed by atoms with Crippen LogP contribution in [0.3, 0.4) is 0 Å². The zero-order chi connectivity index (χ0) is 18.1. The molecule has 132 valence electrons. The predicted octanol–water partition coefficient (Wildman–Crippen LogP) is 1.56. The Hall–Kier alpha value is -3.25. The number of ether oxygens (including phenoxy) is 2. The number of hydrogen-bond acceptors (Lipinski definition) is 8. The van der Waals surface area contributed by atoms with Crippen LogP contribution in [0.25, 0.3) is 10.9 Å². The quantitative estimate of drug-likeness (QED) is 0.694. The van der Waals surface area contributed by atoms with Crippen molar-refractivity contribution in [2.45, 2.75) is 25.5 Å². The Labute approximate surface area is 147 Å². The average Bonchev–Trinajstić information content (AvgIpc) is 3.34. The SMILES string of the molecule is COc1nc2ccn(Cc3noc([C@@H]4CCCO4)n3)c(=O)c2cc1C#N. The molecule has 0 spiro atoms. The molecule has 9 heteroatoms. The third-order valence-corrected chi connectivity index (χ3v) is 4.24. The first-order valence-electron chi connectivity index (χ1n) is 8.12.